The van der Waals surface area contributed by atoms with Gasteiger partial charge in [-0.1, -0.05) is 0 Å². The lowest BCUT2D eigenvalue weighted by Crippen LogP contribution is -2.38. The second-order valence-electron chi connectivity index (χ2n) is 5.38. The predicted octanol–water partition coefficient (Wildman–Crippen LogP) is 2.00. The van der Waals surface area contributed by atoms with E-state index in [2.05, 4.69) is 5.32 Å². The van der Waals surface area contributed by atoms with E-state index in [4.69, 9.17) is 4.74 Å². The number of hydrogen-bond donors (Lipinski definition) is 1. The molecule has 0 aromatic carbocycles. The average molecular weight is 228 g/mol. The highest BCUT2D eigenvalue weighted by Crippen LogP contribution is 2.15. The van der Waals surface area contributed by atoms with Crippen molar-refractivity contribution in [3.63, 3.8) is 0 Å². The van der Waals surface area contributed by atoms with E-state index in [1.165, 1.54) is 0 Å². The van der Waals surface area contributed by atoms with Crippen molar-refractivity contribution < 1.29 is 9.53 Å². The molecule has 1 amide bonds. The summed E-state index contributed by atoms with van der Waals surface area (Å²) in [6.45, 7) is 7.31. The lowest BCUT2D eigenvalue weighted by atomic mass is 10.1. The molecule has 1 N–H and O–H groups in total. The standard InChI is InChI=1S/C12H24N2O2/c1-12(2,3)16-11(15)14-8-5-6-10(13-4)7-9-14/h10,13H,5-9H2,1-4H3/t10-/m1/s1. The van der Waals surface area contributed by atoms with Gasteiger partial charge < -0.3 is 15.0 Å². The van der Waals surface area contributed by atoms with Gasteiger partial charge in [-0.25, -0.2) is 4.79 Å². The van der Waals surface area contributed by atoms with E-state index in [0.717, 1.165) is 32.4 Å². The van der Waals surface area contributed by atoms with Gasteiger partial charge >= 0.3 is 6.09 Å². The van der Waals surface area contributed by atoms with Crippen LogP contribution in [0.1, 0.15) is 40.0 Å². The highest BCUT2D eigenvalue weighted by atomic mass is 16.6. The Bertz CT molecular complexity index is 236. The molecule has 4 heteroatoms. The number of amides is 1. The maximum Gasteiger partial charge on any atom is 0.410 e. The minimum Gasteiger partial charge on any atom is -0.444 e. The van der Waals surface area contributed by atoms with E-state index < -0.39 is 5.60 Å². The third-order valence-electron chi connectivity index (χ3n) is 2.79. The zero-order valence-corrected chi connectivity index (χ0v) is 10.9. The van der Waals surface area contributed by atoms with Gasteiger partial charge in [0.15, 0.2) is 0 Å². The number of rotatable bonds is 1. The Morgan fingerprint density at radius 1 is 1.31 bits per heavy atom. The van der Waals surface area contributed by atoms with Crippen LogP contribution in [0.3, 0.4) is 0 Å². The first-order valence-corrected chi connectivity index (χ1v) is 6.07. The van der Waals surface area contributed by atoms with Gasteiger partial charge in [0.1, 0.15) is 5.60 Å². The maximum absolute atomic E-state index is 11.8. The topological polar surface area (TPSA) is 41.6 Å². The van der Waals surface area contributed by atoms with Crippen molar-refractivity contribution in [1.29, 1.82) is 0 Å². The van der Waals surface area contributed by atoms with Gasteiger partial charge in [-0.2, -0.15) is 0 Å². The molecule has 0 bridgehead atoms. The first kappa shape index (κ1) is 13.3. The van der Waals surface area contributed by atoms with Crippen LogP contribution in [0.2, 0.25) is 0 Å². The van der Waals surface area contributed by atoms with E-state index in [1.54, 1.807) is 0 Å². The third kappa shape index (κ3) is 4.39. The highest BCUT2D eigenvalue weighted by Gasteiger charge is 2.24. The van der Waals surface area contributed by atoms with Gasteiger partial charge in [0.05, 0.1) is 0 Å². The fourth-order valence-corrected chi connectivity index (χ4v) is 1.89. The van der Waals surface area contributed by atoms with E-state index in [-0.39, 0.29) is 6.09 Å². The molecule has 1 heterocycles. The van der Waals surface area contributed by atoms with Crippen molar-refractivity contribution in [2.75, 3.05) is 20.1 Å². The number of hydrogen-bond acceptors (Lipinski definition) is 3. The van der Waals surface area contributed by atoms with Crippen LogP contribution >= 0.6 is 0 Å². The Hall–Kier alpha value is -0.770. The van der Waals surface area contributed by atoms with Gasteiger partial charge in [0.25, 0.3) is 0 Å². The normalized spacial score (nSPS) is 22.8. The molecule has 1 aliphatic heterocycles. The molecular formula is C12H24N2O2. The van der Waals surface area contributed by atoms with Crippen molar-refractivity contribution >= 4 is 6.09 Å². The quantitative estimate of drug-likeness (QED) is 0.746. The van der Waals surface area contributed by atoms with Gasteiger partial charge in [-0.15, -0.1) is 0 Å². The smallest absolute Gasteiger partial charge is 0.410 e. The Morgan fingerprint density at radius 2 is 2.00 bits per heavy atom. The first-order chi connectivity index (χ1) is 7.42. The summed E-state index contributed by atoms with van der Waals surface area (Å²) in [4.78, 5) is 13.7. The molecule has 0 aliphatic carbocycles. The van der Waals surface area contributed by atoms with E-state index in [1.807, 2.05) is 32.7 Å². The average Bonchev–Trinajstić information content (AvgIpc) is 2.39. The summed E-state index contributed by atoms with van der Waals surface area (Å²) in [5.74, 6) is 0. The molecule has 1 atom stereocenters. The monoisotopic (exact) mass is 228 g/mol. The van der Waals surface area contributed by atoms with Crippen LogP contribution in [-0.4, -0.2) is 42.8 Å². The molecule has 1 aliphatic rings. The number of likely N-dealkylation sites (tertiary alicyclic amines) is 1. The zero-order chi connectivity index (χ0) is 12.2. The third-order valence-corrected chi connectivity index (χ3v) is 2.79. The molecule has 4 nitrogen and oxygen atoms in total. The summed E-state index contributed by atoms with van der Waals surface area (Å²) < 4.78 is 5.37. The Labute approximate surface area is 98.3 Å². The highest BCUT2D eigenvalue weighted by molar-refractivity contribution is 5.68. The minimum absolute atomic E-state index is 0.177. The van der Waals surface area contributed by atoms with Crippen LogP contribution in [0.25, 0.3) is 0 Å². The largest absolute Gasteiger partial charge is 0.444 e. The Balaban J connectivity index is 2.45. The van der Waals surface area contributed by atoms with Crippen LogP contribution in [0, 0.1) is 0 Å². The van der Waals surface area contributed by atoms with Gasteiger partial charge in [0, 0.05) is 19.1 Å². The van der Waals surface area contributed by atoms with E-state index >= 15 is 0 Å². The molecule has 0 spiro atoms. The molecule has 1 rings (SSSR count). The maximum atomic E-state index is 11.8. The molecule has 1 fully saturated rings. The van der Waals surface area contributed by atoms with Crippen LogP contribution in [-0.2, 0) is 4.74 Å². The number of nitrogens with one attached hydrogen (secondary N) is 1. The van der Waals surface area contributed by atoms with Crippen molar-refractivity contribution in [1.82, 2.24) is 10.2 Å². The summed E-state index contributed by atoms with van der Waals surface area (Å²) >= 11 is 0. The lowest BCUT2D eigenvalue weighted by molar-refractivity contribution is 0.0256. The fourth-order valence-electron chi connectivity index (χ4n) is 1.89. The first-order valence-electron chi connectivity index (χ1n) is 6.07. The van der Waals surface area contributed by atoms with E-state index in [9.17, 15) is 4.79 Å². The minimum atomic E-state index is -0.397. The molecule has 1 saturated heterocycles. The second kappa shape index (κ2) is 5.53. The van der Waals surface area contributed by atoms with Crippen molar-refractivity contribution in [3.05, 3.63) is 0 Å². The van der Waals surface area contributed by atoms with Crippen molar-refractivity contribution in [2.45, 2.75) is 51.7 Å². The Kier molecular flexibility index (Phi) is 4.59. The zero-order valence-electron chi connectivity index (χ0n) is 10.9. The van der Waals surface area contributed by atoms with Crippen LogP contribution in [0.4, 0.5) is 4.79 Å². The summed E-state index contributed by atoms with van der Waals surface area (Å²) in [6, 6.07) is 0.535. The van der Waals surface area contributed by atoms with Crippen molar-refractivity contribution in [2.24, 2.45) is 0 Å². The fraction of sp³-hybridized carbons (Fsp3) is 0.917. The number of carbonyl (C=O) groups excluding carboxylic acids is 1. The van der Waals surface area contributed by atoms with Crippen molar-refractivity contribution in [3.8, 4) is 0 Å². The Morgan fingerprint density at radius 3 is 2.56 bits per heavy atom. The lowest BCUT2D eigenvalue weighted by Gasteiger charge is -2.26. The van der Waals surface area contributed by atoms with Gasteiger partial charge in [-0.3, -0.25) is 0 Å². The molecular weight excluding hydrogens is 204 g/mol. The molecule has 0 aromatic heterocycles. The molecule has 16 heavy (non-hydrogen) atoms. The SMILES string of the molecule is CN[C@@H]1CCCN(C(=O)OC(C)(C)C)CC1. The molecule has 0 aromatic rings. The summed E-state index contributed by atoms with van der Waals surface area (Å²) in [7, 11) is 1.98. The van der Waals surface area contributed by atoms with Gasteiger partial charge in [-0.05, 0) is 47.1 Å². The number of ether oxygens (including phenoxy) is 1. The molecule has 0 unspecified atom stereocenters. The van der Waals surface area contributed by atoms with Crippen LogP contribution in [0.15, 0.2) is 0 Å². The molecule has 94 valence electrons. The molecule has 0 radical (unpaired) electrons. The summed E-state index contributed by atoms with van der Waals surface area (Å²) in [5, 5.41) is 3.27. The van der Waals surface area contributed by atoms with E-state index in [0.29, 0.717) is 6.04 Å². The van der Waals surface area contributed by atoms with Crippen LogP contribution in [0.5, 0.6) is 0 Å². The summed E-state index contributed by atoms with van der Waals surface area (Å²) in [6.07, 6.45) is 3.01. The number of nitrogens with zero attached hydrogens (tertiary/aromatic N) is 1. The summed E-state index contributed by atoms with van der Waals surface area (Å²) in [5.41, 5.74) is -0.397. The van der Waals surface area contributed by atoms with Crippen LogP contribution < -0.4 is 5.32 Å². The number of carbonyl (C=O) groups is 1. The second-order valence-corrected chi connectivity index (χ2v) is 5.38. The molecule has 0 saturated carbocycles. The predicted molar refractivity (Wildman–Crippen MR) is 64.5 cm³/mol. The van der Waals surface area contributed by atoms with Gasteiger partial charge in [0.2, 0.25) is 0 Å².